The molecule has 0 aliphatic heterocycles. The highest BCUT2D eigenvalue weighted by Gasteiger charge is 2.17. The Hall–Kier alpha value is -2.13. The molecule has 9 heteroatoms. The molecule has 0 saturated heterocycles. The molecule has 2 aromatic carbocycles. The number of aromatic nitrogens is 1. The molecule has 138 valence electrons. The second-order valence-electron chi connectivity index (χ2n) is 5.81. The lowest BCUT2D eigenvalue weighted by molar-refractivity contribution is 0.169. The standard InChI is InChI=1S/C17H17ClN2O5S/c1-20-14-10-13(5-6-16(14)25-17(20)22)26(23,24)19-8-7-15(21)11-3-2-4-12(18)9-11/h2-6,9-10,15,19,21H,7-8H2,1H3/t15-/m1/s1. The third-order valence-electron chi connectivity index (χ3n) is 4.02. The number of aliphatic hydroxyl groups is 1. The Morgan fingerprint density at radius 1 is 1.27 bits per heavy atom. The Morgan fingerprint density at radius 3 is 2.77 bits per heavy atom. The number of nitrogens with one attached hydrogen (secondary N) is 1. The van der Waals surface area contributed by atoms with Gasteiger partial charge in [-0.25, -0.2) is 17.9 Å². The van der Waals surface area contributed by atoms with E-state index in [1.165, 1.54) is 29.8 Å². The van der Waals surface area contributed by atoms with Crippen molar-refractivity contribution in [2.24, 2.45) is 7.05 Å². The molecule has 3 aromatic rings. The number of oxazole rings is 1. The number of fused-ring (bicyclic) bond motifs is 1. The summed E-state index contributed by atoms with van der Waals surface area (Å²) < 4.78 is 33.5. The van der Waals surface area contributed by atoms with Crippen molar-refractivity contribution in [3.05, 3.63) is 63.6 Å². The average Bonchev–Trinajstić information content (AvgIpc) is 2.88. The molecular weight excluding hydrogens is 380 g/mol. The highest BCUT2D eigenvalue weighted by Crippen LogP contribution is 2.21. The summed E-state index contributed by atoms with van der Waals surface area (Å²) >= 11 is 5.88. The van der Waals surface area contributed by atoms with E-state index in [0.29, 0.717) is 21.7 Å². The van der Waals surface area contributed by atoms with Gasteiger partial charge in [0.05, 0.1) is 16.5 Å². The molecule has 7 nitrogen and oxygen atoms in total. The van der Waals surface area contributed by atoms with Gasteiger partial charge in [-0.1, -0.05) is 23.7 Å². The van der Waals surface area contributed by atoms with E-state index in [9.17, 15) is 18.3 Å². The fraction of sp³-hybridized carbons (Fsp3) is 0.235. The molecule has 0 radical (unpaired) electrons. The molecule has 0 amide bonds. The monoisotopic (exact) mass is 396 g/mol. The number of benzene rings is 2. The van der Waals surface area contributed by atoms with Gasteiger partial charge in [0.25, 0.3) is 0 Å². The van der Waals surface area contributed by atoms with Crippen LogP contribution in [0.1, 0.15) is 18.1 Å². The molecule has 0 unspecified atom stereocenters. The first-order valence-electron chi connectivity index (χ1n) is 7.81. The molecule has 26 heavy (non-hydrogen) atoms. The lowest BCUT2D eigenvalue weighted by Gasteiger charge is -2.12. The van der Waals surface area contributed by atoms with Crippen molar-refractivity contribution < 1.29 is 17.9 Å². The summed E-state index contributed by atoms with van der Waals surface area (Å²) in [5, 5.41) is 10.7. The van der Waals surface area contributed by atoms with Crippen molar-refractivity contribution >= 4 is 32.7 Å². The summed E-state index contributed by atoms with van der Waals surface area (Å²) in [4.78, 5) is 11.5. The van der Waals surface area contributed by atoms with Gasteiger partial charge in [-0.05, 0) is 42.3 Å². The number of aliphatic hydroxyl groups excluding tert-OH is 1. The largest absolute Gasteiger partial charge is 0.419 e. The van der Waals surface area contributed by atoms with Gasteiger partial charge in [0, 0.05) is 18.6 Å². The fourth-order valence-corrected chi connectivity index (χ4v) is 3.83. The first-order chi connectivity index (χ1) is 12.3. The van der Waals surface area contributed by atoms with Gasteiger partial charge < -0.3 is 9.52 Å². The van der Waals surface area contributed by atoms with Gasteiger partial charge in [-0.2, -0.15) is 0 Å². The number of rotatable bonds is 6. The second kappa shape index (κ2) is 7.24. The van der Waals surface area contributed by atoms with Crippen LogP contribution in [0.15, 0.2) is 56.6 Å². The Labute approximate surface area is 154 Å². The molecule has 1 atom stereocenters. The number of aryl methyl sites for hydroxylation is 1. The quantitative estimate of drug-likeness (QED) is 0.665. The maximum Gasteiger partial charge on any atom is 0.419 e. The molecule has 1 heterocycles. The molecular formula is C17H17ClN2O5S. The highest BCUT2D eigenvalue weighted by molar-refractivity contribution is 7.89. The minimum atomic E-state index is -3.79. The zero-order chi connectivity index (χ0) is 18.9. The van der Waals surface area contributed by atoms with Gasteiger partial charge in [0.2, 0.25) is 10.0 Å². The van der Waals surface area contributed by atoms with Crippen LogP contribution in [0.3, 0.4) is 0 Å². The number of sulfonamides is 1. The SMILES string of the molecule is Cn1c(=O)oc2ccc(S(=O)(=O)NCC[C@@H](O)c3cccc(Cl)c3)cc21. The summed E-state index contributed by atoms with van der Waals surface area (Å²) in [6.45, 7) is 0.0400. The summed E-state index contributed by atoms with van der Waals surface area (Å²) in [5.41, 5.74) is 1.32. The van der Waals surface area contributed by atoms with E-state index in [-0.39, 0.29) is 17.9 Å². The second-order valence-corrected chi connectivity index (χ2v) is 8.02. The van der Waals surface area contributed by atoms with Crippen molar-refractivity contribution in [2.45, 2.75) is 17.4 Å². The third-order valence-corrected chi connectivity index (χ3v) is 5.71. The van der Waals surface area contributed by atoms with Crippen LogP contribution in [-0.2, 0) is 17.1 Å². The van der Waals surface area contributed by atoms with Crippen molar-refractivity contribution in [1.82, 2.24) is 9.29 Å². The Bertz CT molecular complexity index is 1100. The van der Waals surface area contributed by atoms with Crippen LogP contribution in [0.2, 0.25) is 5.02 Å². The van der Waals surface area contributed by atoms with Gasteiger partial charge >= 0.3 is 5.76 Å². The van der Waals surface area contributed by atoms with Crippen LogP contribution in [0.4, 0.5) is 0 Å². The van der Waals surface area contributed by atoms with Crippen LogP contribution in [-0.4, -0.2) is 24.6 Å². The number of nitrogens with zero attached hydrogens (tertiary/aromatic N) is 1. The zero-order valence-corrected chi connectivity index (χ0v) is 15.4. The molecule has 0 bridgehead atoms. The topological polar surface area (TPSA) is 102 Å². The molecule has 1 aromatic heterocycles. The van der Waals surface area contributed by atoms with E-state index in [4.69, 9.17) is 16.0 Å². The third kappa shape index (κ3) is 3.83. The molecule has 3 rings (SSSR count). The fourth-order valence-electron chi connectivity index (χ4n) is 2.57. The number of hydrogen-bond acceptors (Lipinski definition) is 5. The summed E-state index contributed by atoms with van der Waals surface area (Å²) in [7, 11) is -2.29. The van der Waals surface area contributed by atoms with E-state index < -0.39 is 21.9 Å². The van der Waals surface area contributed by atoms with Gasteiger partial charge in [0.1, 0.15) is 0 Å². The predicted molar refractivity (Wildman–Crippen MR) is 97.7 cm³/mol. The predicted octanol–water partition coefficient (Wildman–Crippen LogP) is 2.19. The van der Waals surface area contributed by atoms with E-state index >= 15 is 0 Å². The lowest BCUT2D eigenvalue weighted by atomic mass is 10.1. The van der Waals surface area contributed by atoms with Gasteiger partial charge in [-0.3, -0.25) is 4.57 Å². The summed E-state index contributed by atoms with van der Waals surface area (Å²) in [6.07, 6.45) is -0.653. The minimum Gasteiger partial charge on any atom is -0.408 e. The first kappa shape index (κ1) is 18.7. The number of hydrogen-bond donors (Lipinski definition) is 2. The van der Waals surface area contributed by atoms with Crippen molar-refractivity contribution in [3.8, 4) is 0 Å². The van der Waals surface area contributed by atoms with Crippen molar-refractivity contribution in [3.63, 3.8) is 0 Å². The zero-order valence-electron chi connectivity index (χ0n) is 13.8. The van der Waals surface area contributed by atoms with E-state index in [2.05, 4.69) is 4.72 Å². The van der Waals surface area contributed by atoms with Crippen molar-refractivity contribution in [2.75, 3.05) is 6.54 Å². The highest BCUT2D eigenvalue weighted by atomic mass is 35.5. The lowest BCUT2D eigenvalue weighted by Crippen LogP contribution is -2.26. The minimum absolute atomic E-state index is 0.0126. The molecule has 0 fully saturated rings. The summed E-state index contributed by atoms with van der Waals surface area (Å²) in [6, 6.07) is 10.9. The van der Waals surface area contributed by atoms with Crippen LogP contribution >= 0.6 is 11.6 Å². The Kier molecular flexibility index (Phi) is 5.19. The van der Waals surface area contributed by atoms with Crippen LogP contribution in [0.5, 0.6) is 0 Å². The van der Waals surface area contributed by atoms with Gasteiger partial charge in [0.15, 0.2) is 5.58 Å². The van der Waals surface area contributed by atoms with E-state index in [1.807, 2.05) is 0 Å². The normalized spacial score (nSPS) is 13.2. The first-order valence-corrected chi connectivity index (χ1v) is 9.67. The molecule has 2 N–H and O–H groups in total. The Morgan fingerprint density at radius 2 is 2.04 bits per heavy atom. The molecule has 0 saturated carbocycles. The smallest absolute Gasteiger partial charge is 0.408 e. The van der Waals surface area contributed by atoms with Crippen LogP contribution in [0, 0.1) is 0 Å². The molecule has 0 spiro atoms. The summed E-state index contributed by atoms with van der Waals surface area (Å²) in [5.74, 6) is -0.563. The van der Waals surface area contributed by atoms with Crippen LogP contribution < -0.4 is 10.5 Å². The Balaban J connectivity index is 1.71. The van der Waals surface area contributed by atoms with Crippen molar-refractivity contribution in [1.29, 1.82) is 0 Å². The number of halogens is 1. The molecule has 0 aliphatic rings. The average molecular weight is 397 g/mol. The molecule has 0 aliphatic carbocycles. The van der Waals surface area contributed by atoms with E-state index in [1.54, 1.807) is 24.3 Å². The van der Waals surface area contributed by atoms with Gasteiger partial charge in [-0.15, -0.1) is 0 Å². The maximum absolute atomic E-state index is 12.4. The van der Waals surface area contributed by atoms with E-state index in [0.717, 1.165) is 0 Å². The maximum atomic E-state index is 12.4. The van der Waals surface area contributed by atoms with Crippen LogP contribution in [0.25, 0.3) is 11.1 Å².